The molecule has 0 radical (unpaired) electrons. The maximum absolute atomic E-state index is 13.5. The van der Waals surface area contributed by atoms with Gasteiger partial charge in [-0.1, -0.05) is 5.18 Å². The summed E-state index contributed by atoms with van der Waals surface area (Å²) < 4.78 is 5.65. The Labute approximate surface area is 197 Å². The predicted octanol–water partition coefficient (Wildman–Crippen LogP) is 0.853. The zero-order chi connectivity index (χ0) is 25.2. The zero-order valence-corrected chi connectivity index (χ0v) is 18.2. The second-order valence-electron chi connectivity index (χ2n) is 9.28. The first-order chi connectivity index (χ1) is 16.6. The minimum Gasteiger partial charge on any atom is -0.507 e. The van der Waals surface area contributed by atoms with Crippen molar-refractivity contribution in [1.29, 1.82) is 0 Å². The number of amides is 1. The summed E-state index contributed by atoms with van der Waals surface area (Å²) in [5, 5.41) is 24.5. The molecule has 0 spiro atoms. The van der Waals surface area contributed by atoms with Crippen molar-refractivity contribution < 1.29 is 38.6 Å². The maximum Gasteiger partial charge on any atom is 0.235 e. The summed E-state index contributed by atoms with van der Waals surface area (Å²) in [7, 11) is 0. The molecule has 0 saturated heterocycles. The zero-order valence-electron chi connectivity index (χ0n) is 18.2. The number of nitrogens with zero attached hydrogens (tertiary/aromatic N) is 1. The van der Waals surface area contributed by atoms with Gasteiger partial charge in [0.1, 0.15) is 23.8 Å². The normalized spacial score (nSPS) is 29.9. The molecule has 0 aliphatic heterocycles. The average Bonchev–Trinajstić information content (AvgIpc) is 3.24. The second-order valence-corrected chi connectivity index (χ2v) is 9.28. The van der Waals surface area contributed by atoms with Gasteiger partial charge in [0.25, 0.3) is 0 Å². The van der Waals surface area contributed by atoms with Crippen LogP contribution in [0.2, 0.25) is 0 Å². The van der Waals surface area contributed by atoms with Crippen LogP contribution in [0.3, 0.4) is 0 Å². The molecule has 1 aromatic carbocycles. The SMILES string of the molecule is NC(=O)C1C(=O)C[C@@H]2C[C@@H]3Cc4c(-c5ccc(CN=O)o5)ccc(O)c4C(=O)C3C(=O)[C@]2(O)C1=O. The van der Waals surface area contributed by atoms with E-state index in [1.165, 1.54) is 6.07 Å². The Balaban J connectivity index is 1.59. The van der Waals surface area contributed by atoms with Crippen molar-refractivity contribution in [2.75, 3.05) is 0 Å². The number of fused-ring (bicyclic) bond motifs is 3. The number of phenols is 1. The van der Waals surface area contributed by atoms with Gasteiger partial charge in [-0.2, -0.15) is 4.91 Å². The van der Waals surface area contributed by atoms with Crippen LogP contribution in [-0.2, 0) is 32.1 Å². The van der Waals surface area contributed by atoms with Crippen molar-refractivity contribution in [1.82, 2.24) is 0 Å². The largest absolute Gasteiger partial charge is 0.507 e. The Morgan fingerprint density at radius 2 is 1.86 bits per heavy atom. The highest BCUT2D eigenvalue weighted by atomic mass is 16.3. The highest BCUT2D eigenvalue weighted by Gasteiger charge is 2.66. The minimum atomic E-state index is -2.69. The fourth-order valence-electron chi connectivity index (χ4n) is 5.87. The Kier molecular flexibility index (Phi) is 5.06. The lowest BCUT2D eigenvalue weighted by Crippen LogP contribution is -2.68. The molecular weight excluding hydrogens is 460 g/mol. The van der Waals surface area contributed by atoms with Gasteiger partial charge in [0.2, 0.25) is 5.91 Å². The number of furan rings is 1. The van der Waals surface area contributed by atoms with Gasteiger partial charge >= 0.3 is 0 Å². The molecule has 1 aromatic heterocycles. The van der Waals surface area contributed by atoms with E-state index in [-0.39, 0.29) is 30.7 Å². The molecule has 4 N–H and O–H groups in total. The number of primary amides is 1. The first-order valence-corrected chi connectivity index (χ1v) is 11.0. The van der Waals surface area contributed by atoms with Gasteiger partial charge in [0, 0.05) is 17.9 Å². The van der Waals surface area contributed by atoms with Crippen LogP contribution in [-0.4, -0.2) is 44.9 Å². The second kappa shape index (κ2) is 7.77. The van der Waals surface area contributed by atoms with Crippen LogP contribution >= 0.6 is 0 Å². The van der Waals surface area contributed by atoms with Gasteiger partial charge in [-0.25, -0.2) is 0 Å². The molecule has 2 unspecified atom stereocenters. The van der Waals surface area contributed by atoms with E-state index >= 15 is 0 Å². The molecule has 5 atom stereocenters. The van der Waals surface area contributed by atoms with Gasteiger partial charge < -0.3 is 20.4 Å². The Morgan fingerprint density at radius 3 is 2.54 bits per heavy atom. The number of nitrogens with two attached hydrogens (primary N) is 1. The van der Waals surface area contributed by atoms with Crippen LogP contribution in [0.15, 0.2) is 33.9 Å². The van der Waals surface area contributed by atoms with Crippen molar-refractivity contribution in [2.45, 2.75) is 31.4 Å². The number of phenolic OH excluding ortho intramolecular Hbond substituents is 1. The quantitative estimate of drug-likeness (QED) is 0.420. The first-order valence-electron chi connectivity index (χ1n) is 11.0. The van der Waals surface area contributed by atoms with Gasteiger partial charge in [-0.05, 0) is 48.6 Å². The molecule has 3 aliphatic carbocycles. The lowest BCUT2D eigenvalue weighted by atomic mass is 9.53. The third-order valence-corrected chi connectivity index (χ3v) is 7.43. The topological polar surface area (TPSA) is 194 Å². The van der Waals surface area contributed by atoms with Crippen LogP contribution in [0.1, 0.15) is 34.5 Å². The number of hydrogen-bond acceptors (Lipinski definition) is 10. The van der Waals surface area contributed by atoms with Crippen molar-refractivity contribution >= 4 is 29.0 Å². The number of benzene rings is 1. The summed E-state index contributed by atoms with van der Waals surface area (Å²) in [6.07, 6.45) is -0.287. The summed E-state index contributed by atoms with van der Waals surface area (Å²) in [4.78, 5) is 74.6. The molecule has 35 heavy (non-hydrogen) atoms. The standard InChI is InChI=1S/C24H20N2O9/c25-23(32)19-15(28)7-10-5-9-6-13-12(16-4-1-11(35-16)8-26-34)2-3-14(27)18(13)20(29)17(9)21(30)24(10,33)22(19)31/h1-4,9-10,17,19,27,33H,5-8H2,(H2,25,32)/t9-,10+,17?,19?,24+/m1/s1. The molecule has 2 aromatic rings. The third-order valence-electron chi connectivity index (χ3n) is 7.43. The van der Waals surface area contributed by atoms with E-state index in [9.17, 15) is 39.1 Å². The Hall–Kier alpha value is -3.99. The summed E-state index contributed by atoms with van der Waals surface area (Å²) in [6, 6.07) is 5.97. The summed E-state index contributed by atoms with van der Waals surface area (Å²) >= 11 is 0. The fraction of sp³-hybridized carbons (Fsp3) is 0.375. The number of hydrogen-bond donors (Lipinski definition) is 3. The van der Waals surface area contributed by atoms with Crippen molar-refractivity contribution in [3.05, 3.63) is 46.1 Å². The Morgan fingerprint density at radius 1 is 1.11 bits per heavy atom. The van der Waals surface area contributed by atoms with E-state index in [0.29, 0.717) is 22.6 Å². The van der Waals surface area contributed by atoms with Gasteiger partial charge in [-0.15, -0.1) is 0 Å². The highest BCUT2D eigenvalue weighted by Crippen LogP contribution is 2.51. The molecule has 11 heteroatoms. The van der Waals surface area contributed by atoms with Crippen LogP contribution in [0.4, 0.5) is 0 Å². The van der Waals surface area contributed by atoms with E-state index in [1.807, 2.05) is 0 Å². The Bertz CT molecular complexity index is 1340. The van der Waals surface area contributed by atoms with E-state index in [2.05, 4.69) is 5.18 Å². The number of Topliss-reactive ketones (excluding diaryl/α,β-unsaturated/α-hetero) is 4. The number of ketones is 4. The molecule has 1 heterocycles. The fourth-order valence-corrected chi connectivity index (χ4v) is 5.87. The molecule has 180 valence electrons. The molecule has 1 amide bonds. The molecule has 2 fully saturated rings. The smallest absolute Gasteiger partial charge is 0.235 e. The molecule has 11 nitrogen and oxygen atoms in total. The van der Waals surface area contributed by atoms with E-state index in [0.717, 1.165) is 0 Å². The lowest BCUT2D eigenvalue weighted by Gasteiger charge is -2.48. The van der Waals surface area contributed by atoms with Gasteiger partial charge in [0.15, 0.2) is 34.7 Å². The summed E-state index contributed by atoms with van der Waals surface area (Å²) in [5.41, 5.74) is 3.24. The van der Waals surface area contributed by atoms with E-state index < -0.39 is 64.7 Å². The van der Waals surface area contributed by atoms with Crippen molar-refractivity contribution in [3.63, 3.8) is 0 Å². The number of nitroso groups, excluding NO2 is 1. The third kappa shape index (κ3) is 3.11. The first kappa shape index (κ1) is 22.8. The number of carbonyl (C=O) groups is 5. The van der Waals surface area contributed by atoms with Crippen LogP contribution < -0.4 is 5.73 Å². The van der Waals surface area contributed by atoms with Crippen molar-refractivity contribution in [3.8, 4) is 17.1 Å². The van der Waals surface area contributed by atoms with Crippen LogP contribution in [0, 0.1) is 28.6 Å². The molecule has 2 saturated carbocycles. The molecule has 3 aliphatic rings. The number of aromatic hydroxyl groups is 1. The summed E-state index contributed by atoms with van der Waals surface area (Å²) in [6.45, 7) is -0.187. The van der Waals surface area contributed by atoms with Gasteiger partial charge in [-0.3, -0.25) is 24.0 Å². The van der Waals surface area contributed by atoms with Crippen LogP contribution in [0.25, 0.3) is 11.3 Å². The molecular formula is C24H20N2O9. The summed E-state index contributed by atoms with van der Waals surface area (Å²) in [5.74, 6) is -10.1. The average molecular weight is 480 g/mol. The number of rotatable bonds is 4. The minimum absolute atomic E-state index is 0.00535. The predicted molar refractivity (Wildman–Crippen MR) is 116 cm³/mol. The van der Waals surface area contributed by atoms with E-state index in [1.54, 1.807) is 18.2 Å². The van der Waals surface area contributed by atoms with E-state index in [4.69, 9.17) is 10.2 Å². The van der Waals surface area contributed by atoms with Crippen molar-refractivity contribution in [2.24, 2.45) is 34.6 Å². The van der Waals surface area contributed by atoms with Gasteiger partial charge in [0.05, 0.1) is 11.5 Å². The number of aliphatic hydroxyl groups is 1. The molecule has 0 bridgehead atoms. The molecule has 5 rings (SSSR count). The highest BCUT2D eigenvalue weighted by molar-refractivity contribution is 6.31. The van der Waals surface area contributed by atoms with Crippen LogP contribution in [0.5, 0.6) is 5.75 Å². The number of carbonyl (C=O) groups excluding carboxylic acids is 5. The monoisotopic (exact) mass is 480 g/mol. The lowest BCUT2D eigenvalue weighted by molar-refractivity contribution is -0.175. The maximum atomic E-state index is 13.5.